The Bertz CT molecular complexity index is 1460. The van der Waals surface area contributed by atoms with Gasteiger partial charge < -0.3 is 15.3 Å². The van der Waals surface area contributed by atoms with Crippen molar-refractivity contribution in [3.05, 3.63) is 131 Å². The summed E-state index contributed by atoms with van der Waals surface area (Å²) in [6, 6.07) is 29.7. The zero-order chi connectivity index (χ0) is 27.6. The van der Waals surface area contributed by atoms with Gasteiger partial charge in [-0.15, -0.1) is 0 Å². The third-order valence-electron chi connectivity index (χ3n) is 6.36. The molecule has 4 rings (SSSR count). The molecule has 0 unspecified atom stereocenters. The SMILES string of the molecule is O=C(O)CCN(CCc1ccccc1)C(=O)c1ccccc1-c1ccccc1C(=O)NCc1cccc(F)c1. The summed E-state index contributed by atoms with van der Waals surface area (Å²) in [5.41, 5.74) is 3.55. The first-order valence-corrected chi connectivity index (χ1v) is 12.7. The molecule has 0 atom stereocenters. The normalized spacial score (nSPS) is 10.6. The predicted molar refractivity (Wildman–Crippen MR) is 148 cm³/mol. The zero-order valence-corrected chi connectivity index (χ0v) is 21.3. The smallest absolute Gasteiger partial charge is 0.305 e. The molecule has 198 valence electrons. The van der Waals surface area contributed by atoms with Crippen molar-refractivity contribution in [2.45, 2.75) is 19.4 Å². The average molecular weight is 525 g/mol. The molecule has 0 fully saturated rings. The maximum atomic E-state index is 13.8. The quantitative estimate of drug-likeness (QED) is 0.268. The van der Waals surface area contributed by atoms with E-state index in [1.54, 1.807) is 65.6 Å². The molecule has 6 nitrogen and oxygen atoms in total. The molecule has 2 amide bonds. The van der Waals surface area contributed by atoms with E-state index < -0.39 is 5.97 Å². The van der Waals surface area contributed by atoms with Crippen molar-refractivity contribution in [3.8, 4) is 11.1 Å². The number of carbonyl (C=O) groups excluding carboxylic acids is 2. The van der Waals surface area contributed by atoms with Gasteiger partial charge >= 0.3 is 5.97 Å². The van der Waals surface area contributed by atoms with E-state index in [4.69, 9.17) is 0 Å². The number of halogens is 1. The third-order valence-corrected chi connectivity index (χ3v) is 6.36. The van der Waals surface area contributed by atoms with E-state index in [2.05, 4.69) is 5.32 Å². The van der Waals surface area contributed by atoms with Gasteiger partial charge in [0.25, 0.3) is 11.8 Å². The van der Waals surface area contributed by atoms with Gasteiger partial charge in [0.05, 0.1) is 6.42 Å². The minimum absolute atomic E-state index is 0.0606. The van der Waals surface area contributed by atoms with Gasteiger partial charge in [-0.1, -0.05) is 78.9 Å². The van der Waals surface area contributed by atoms with Crippen molar-refractivity contribution in [1.82, 2.24) is 10.2 Å². The summed E-state index contributed by atoms with van der Waals surface area (Å²) in [6.07, 6.45) is 0.398. The van der Waals surface area contributed by atoms with Crippen LogP contribution in [0.25, 0.3) is 11.1 Å². The van der Waals surface area contributed by atoms with Crippen molar-refractivity contribution >= 4 is 17.8 Å². The lowest BCUT2D eigenvalue weighted by molar-refractivity contribution is -0.137. The second-order valence-corrected chi connectivity index (χ2v) is 9.08. The highest BCUT2D eigenvalue weighted by Crippen LogP contribution is 2.28. The Labute approximate surface area is 226 Å². The summed E-state index contributed by atoms with van der Waals surface area (Å²) >= 11 is 0. The van der Waals surface area contributed by atoms with Crippen LogP contribution < -0.4 is 5.32 Å². The molecule has 0 saturated carbocycles. The van der Waals surface area contributed by atoms with Gasteiger partial charge in [-0.3, -0.25) is 14.4 Å². The molecule has 39 heavy (non-hydrogen) atoms. The van der Waals surface area contributed by atoms with Crippen molar-refractivity contribution in [2.24, 2.45) is 0 Å². The van der Waals surface area contributed by atoms with Gasteiger partial charge in [-0.25, -0.2) is 4.39 Å². The number of hydrogen-bond donors (Lipinski definition) is 2. The van der Waals surface area contributed by atoms with E-state index in [-0.39, 0.29) is 37.1 Å². The molecule has 0 aliphatic heterocycles. The number of carbonyl (C=O) groups is 3. The fourth-order valence-corrected chi connectivity index (χ4v) is 4.37. The van der Waals surface area contributed by atoms with Crippen LogP contribution in [0.3, 0.4) is 0 Å². The minimum Gasteiger partial charge on any atom is -0.481 e. The fraction of sp³-hybridized carbons (Fsp3) is 0.156. The molecule has 0 aliphatic rings. The molecule has 0 spiro atoms. The molecule has 7 heteroatoms. The molecule has 0 aromatic heterocycles. The lowest BCUT2D eigenvalue weighted by atomic mass is 9.94. The van der Waals surface area contributed by atoms with Crippen LogP contribution in [0, 0.1) is 5.82 Å². The fourth-order valence-electron chi connectivity index (χ4n) is 4.37. The van der Waals surface area contributed by atoms with Gasteiger partial charge in [0.2, 0.25) is 0 Å². The van der Waals surface area contributed by atoms with Crippen LogP contribution in [-0.4, -0.2) is 40.9 Å². The number of amides is 2. The van der Waals surface area contributed by atoms with Gasteiger partial charge in [0, 0.05) is 30.8 Å². The Hall–Kier alpha value is -4.78. The number of carboxylic acids is 1. The first kappa shape index (κ1) is 27.3. The van der Waals surface area contributed by atoms with Crippen LogP contribution in [0.5, 0.6) is 0 Å². The summed E-state index contributed by atoms with van der Waals surface area (Å²) in [4.78, 5) is 39.8. The second-order valence-electron chi connectivity index (χ2n) is 9.08. The third kappa shape index (κ3) is 7.38. The molecule has 4 aromatic rings. The molecular formula is C32H29FN2O4. The topological polar surface area (TPSA) is 86.7 Å². The highest BCUT2D eigenvalue weighted by molar-refractivity contribution is 6.06. The van der Waals surface area contributed by atoms with E-state index in [1.165, 1.54) is 12.1 Å². The lowest BCUT2D eigenvalue weighted by Gasteiger charge is -2.24. The maximum absolute atomic E-state index is 13.8. The van der Waals surface area contributed by atoms with Crippen molar-refractivity contribution in [3.63, 3.8) is 0 Å². The number of rotatable bonds is 11. The van der Waals surface area contributed by atoms with Crippen LogP contribution in [0.4, 0.5) is 4.39 Å². The van der Waals surface area contributed by atoms with E-state index >= 15 is 0 Å². The largest absolute Gasteiger partial charge is 0.481 e. The standard InChI is InChI=1S/C32H29FN2O4/c33-25-12-8-11-24(21-25)22-34-31(38)28-15-6-4-13-26(28)27-14-5-7-16-29(27)32(39)35(20-18-30(36)37)19-17-23-9-2-1-3-10-23/h1-16,21H,17-20,22H2,(H,34,38)(H,36,37). The Morgan fingerprint density at radius 3 is 2.03 bits per heavy atom. The van der Waals surface area contributed by atoms with Crippen molar-refractivity contribution < 1.29 is 23.9 Å². The van der Waals surface area contributed by atoms with Crippen LogP contribution >= 0.6 is 0 Å². The second kappa shape index (κ2) is 13.1. The van der Waals surface area contributed by atoms with Crippen LogP contribution in [0.15, 0.2) is 103 Å². The molecule has 0 aliphatic carbocycles. The zero-order valence-electron chi connectivity index (χ0n) is 21.3. The van der Waals surface area contributed by atoms with Gasteiger partial charge in [0.15, 0.2) is 0 Å². The van der Waals surface area contributed by atoms with Gasteiger partial charge in [0.1, 0.15) is 5.82 Å². The maximum Gasteiger partial charge on any atom is 0.305 e. The highest BCUT2D eigenvalue weighted by Gasteiger charge is 2.22. The van der Waals surface area contributed by atoms with Crippen LogP contribution in [-0.2, 0) is 17.8 Å². The average Bonchev–Trinajstić information content (AvgIpc) is 2.96. The molecule has 0 bridgehead atoms. The molecule has 0 heterocycles. The lowest BCUT2D eigenvalue weighted by Crippen LogP contribution is -2.35. The van der Waals surface area contributed by atoms with E-state index in [0.29, 0.717) is 40.8 Å². The first-order valence-electron chi connectivity index (χ1n) is 12.7. The molecule has 0 saturated heterocycles. The Morgan fingerprint density at radius 2 is 1.33 bits per heavy atom. The number of nitrogens with zero attached hydrogens (tertiary/aromatic N) is 1. The van der Waals surface area contributed by atoms with Gasteiger partial charge in [-0.2, -0.15) is 0 Å². The van der Waals surface area contributed by atoms with E-state index in [0.717, 1.165) is 5.56 Å². The number of benzene rings is 4. The van der Waals surface area contributed by atoms with Crippen LogP contribution in [0.2, 0.25) is 0 Å². The number of hydrogen-bond acceptors (Lipinski definition) is 3. The van der Waals surface area contributed by atoms with Crippen molar-refractivity contribution in [2.75, 3.05) is 13.1 Å². The van der Waals surface area contributed by atoms with Crippen LogP contribution in [0.1, 0.15) is 38.3 Å². The Morgan fingerprint density at radius 1 is 0.718 bits per heavy atom. The van der Waals surface area contributed by atoms with Crippen molar-refractivity contribution in [1.29, 1.82) is 0 Å². The molecule has 0 radical (unpaired) electrons. The minimum atomic E-state index is -0.985. The number of aliphatic carboxylic acids is 1. The first-order chi connectivity index (χ1) is 18.9. The highest BCUT2D eigenvalue weighted by atomic mass is 19.1. The summed E-state index contributed by atoms with van der Waals surface area (Å²) in [5, 5.41) is 12.1. The summed E-state index contributed by atoms with van der Waals surface area (Å²) in [6.45, 7) is 0.555. The predicted octanol–water partition coefficient (Wildman–Crippen LogP) is 5.58. The monoisotopic (exact) mass is 524 g/mol. The molecule has 2 N–H and O–H groups in total. The summed E-state index contributed by atoms with van der Waals surface area (Å²) in [5.74, 6) is -2.03. The van der Waals surface area contributed by atoms with Gasteiger partial charge in [-0.05, 0) is 52.9 Å². The number of carboxylic acid groups (broad SMARTS) is 1. The van der Waals surface area contributed by atoms with E-state index in [9.17, 15) is 23.9 Å². The Balaban J connectivity index is 1.60. The van der Waals surface area contributed by atoms with E-state index in [1.807, 2.05) is 30.3 Å². The number of nitrogens with one attached hydrogen (secondary N) is 1. The molecule has 4 aromatic carbocycles. The Kier molecular flexibility index (Phi) is 9.19. The summed E-state index contributed by atoms with van der Waals surface area (Å²) in [7, 11) is 0. The summed E-state index contributed by atoms with van der Waals surface area (Å²) < 4.78 is 13.6. The molecular weight excluding hydrogens is 495 g/mol.